The fourth-order valence-corrected chi connectivity index (χ4v) is 14.2. The van der Waals surface area contributed by atoms with Crippen molar-refractivity contribution in [2.45, 2.75) is 209 Å². The molecule has 0 spiro atoms. The van der Waals surface area contributed by atoms with Gasteiger partial charge < -0.3 is 18.3 Å². The van der Waals surface area contributed by atoms with E-state index < -0.39 is 11.6 Å². The summed E-state index contributed by atoms with van der Waals surface area (Å²) in [5.74, 6) is -1.09. The molecule has 92 heavy (non-hydrogen) atoms. The maximum absolute atomic E-state index is 21.7. The molecule has 0 radical (unpaired) electrons. The summed E-state index contributed by atoms with van der Waals surface area (Å²) in [6.07, 6.45) is 0. The van der Waals surface area contributed by atoms with Crippen molar-refractivity contribution in [1.29, 1.82) is 0 Å². The minimum Gasteiger partial charge on any atom is -0.305 e. The summed E-state index contributed by atoms with van der Waals surface area (Å²) < 4.78 is 51.7. The zero-order chi connectivity index (χ0) is 66.6. The highest BCUT2D eigenvalue weighted by Gasteiger charge is 2.37. The van der Waals surface area contributed by atoms with Crippen LogP contribution in [0.25, 0.3) is 110 Å². The number of hydrogen-bond donors (Lipinski definition) is 0. The van der Waals surface area contributed by atoms with Crippen molar-refractivity contribution in [3.05, 3.63) is 202 Å². The number of halogens is 2. The Kier molecular flexibility index (Phi) is 13.8. The molecule has 0 aliphatic rings. The first-order valence-corrected chi connectivity index (χ1v) is 33.5. The quantitative estimate of drug-likeness (QED) is 0.167. The molecule has 0 N–H and O–H groups in total. The van der Waals surface area contributed by atoms with Gasteiger partial charge in [-0.25, -0.2) is 8.78 Å². The molecule has 0 aliphatic carbocycles. The third kappa shape index (κ3) is 10.0. The van der Waals surface area contributed by atoms with Crippen molar-refractivity contribution in [3.8, 4) is 22.7 Å². The normalized spacial score (nSPS) is 13.8. The van der Waals surface area contributed by atoms with Crippen LogP contribution in [0.2, 0.25) is 0 Å². The molecule has 0 saturated heterocycles. The van der Waals surface area contributed by atoms with E-state index in [1.165, 1.54) is 0 Å². The van der Waals surface area contributed by atoms with Crippen molar-refractivity contribution in [2.75, 3.05) is 0 Å². The van der Waals surface area contributed by atoms with Gasteiger partial charge in [0.2, 0.25) is 0 Å². The van der Waals surface area contributed by atoms with Gasteiger partial charge in [0.1, 0.15) is 22.7 Å². The lowest BCUT2D eigenvalue weighted by atomic mass is 9.85. The predicted octanol–water partition coefficient (Wildman–Crippen LogP) is 24.7. The molecule has 13 aromatic rings. The summed E-state index contributed by atoms with van der Waals surface area (Å²) >= 11 is 0. The van der Waals surface area contributed by atoms with E-state index in [4.69, 9.17) is 0 Å². The summed E-state index contributed by atoms with van der Waals surface area (Å²) in [6, 6.07) is 53.2. The third-order valence-corrected chi connectivity index (χ3v) is 20.2. The molecular weight excluding hydrogens is 1130 g/mol. The average Bonchev–Trinajstić information content (AvgIpc) is 1.47. The Labute approximate surface area is 545 Å². The molecule has 4 nitrogen and oxygen atoms in total. The Morgan fingerprint density at radius 1 is 0.185 bits per heavy atom. The van der Waals surface area contributed by atoms with Crippen LogP contribution < -0.4 is 0 Å². The van der Waals surface area contributed by atoms with Crippen molar-refractivity contribution in [2.24, 2.45) is 0 Å². The number of fused-ring (bicyclic) bond motifs is 12. The molecule has 0 aliphatic heterocycles. The Bertz CT molecular complexity index is 4300. The lowest BCUT2D eigenvalue weighted by molar-refractivity contribution is 0.579. The fourth-order valence-electron chi connectivity index (χ4n) is 14.2. The molecule has 13 rings (SSSR count). The zero-order valence-electron chi connectivity index (χ0n) is 59.4. The Morgan fingerprint density at radius 2 is 0.293 bits per heavy atom. The SMILES string of the molecule is CC(C)(C)c1ccc2c(c1)c1cc(C(C)(C)C)ccc1n2-c1c(F)c(-n2c3ccc(C(C)(C)C)cc3c3cc(C(C)(C)C)ccc32)c(-n2c3ccc(C(C)(C)C)cc3c3cc(C(C)(C)C)ccc32)c(F)c1-n1c2ccc(C(C)(C)C)cc2c2cc(C(C)(C)C)ccc21. The van der Waals surface area contributed by atoms with Gasteiger partial charge in [-0.1, -0.05) is 215 Å². The van der Waals surface area contributed by atoms with Crippen molar-refractivity contribution in [1.82, 2.24) is 18.3 Å². The second-order valence-corrected chi connectivity index (χ2v) is 35.2. The molecule has 4 heterocycles. The van der Waals surface area contributed by atoms with Crippen molar-refractivity contribution < 1.29 is 8.78 Å². The van der Waals surface area contributed by atoms with E-state index >= 15 is 8.78 Å². The first-order chi connectivity index (χ1) is 42.5. The van der Waals surface area contributed by atoms with Crippen LogP contribution in [-0.4, -0.2) is 18.3 Å². The van der Waals surface area contributed by atoms with Crippen LogP contribution in [0.15, 0.2) is 146 Å². The molecule has 6 heteroatoms. The van der Waals surface area contributed by atoms with Gasteiger partial charge in [0.25, 0.3) is 0 Å². The van der Waals surface area contributed by atoms with Crippen LogP contribution in [0.4, 0.5) is 8.78 Å². The predicted molar refractivity (Wildman–Crippen MR) is 393 cm³/mol. The van der Waals surface area contributed by atoms with Crippen LogP contribution >= 0.6 is 0 Å². The van der Waals surface area contributed by atoms with Gasteiger partial charge in [-0.3, -0.25) is 0 Å². The summed E-state index contributed by atoms with van der Waals surface area (Å²) in [7, 11) is 0. The summed E-state index contributed by atoms with van der Waals surface area (Å²) in [6.45, 7) is 53.8. The second-order valence-electron chi connectivity index (χ2n) is 35.2. The van der Waals surface area contributed by atoms with Crippen LogP contribution in [0, 0.1) is 11.6 Å². The zero-order valence-corrected chi connectivity index (χ0v) is 59.4. The smallest absolute Gasteiger partial charge is 0.175 e. The molecule has 0 bridgehead atoms. The number of nitrogens with zero attached hydrogens (tertiary/aromatic N) is 4. The highest BCUT2D eigenvalue weighted by Crippen LogP contribution is 2.51. The largest absolute Gasteiger partial charge is 0.305 e. The van der Waals surface area contributed by atoms with Gasteiger partial charge >= 0.3 is 0 Å². The molecule has 9 aromatic carbocycles. The molecule has 474 valence electrons. The van der Waals surface area contributed by atoms with Crippen molar-refractivity contribution in [3.63, 3.8) is 0 Å². The monoisotopic (exact) mass is 1220 g/mol. The lowest BCUT2D eigenvalue weighted by Gasteiger charge is -2.26. The molecule has 0 saturated carbocycles. The molecule has 0 fully saturated rings. The molecular formula is C86H96F2N4. The third-order valence-electron chi connectivity index (χ3n) is 20.2. The molecule has 0 atom stereocenters. The Hall–Kier alpha value is -7.96. The first kappa shape index (κ1) is 62.8. The number of hydrogen-bond acceptors (Lipinski definition) is 0. The van der Waals surface area contributed by atoms with Crippen LogP contribution in [0.3, 0.4) is 0 Å². The van der Waals surface area contributed by atoms with E-state index in [0.717, 1.165) is 132 Å². The number of benzene rings is 9. The van der Waals surface area contributed by atoms with Gasteiger partial charge in [0, 0.05) is 43.1 Å². The van der Waals surface area contributed by atoms with E-state index in [2.05, 4.69) is 330 Å². The van der Waals surface area contributed by atoms with E-state index in [9.17, 15) is 0 Å². The van der Waals surface area contributed by atoms with E-state index in [1.807, 2.05) is 0 Å². The molecule has 0 amide bonds. The Morgan fingerprint density at radius 3 is 0.391 bits per heavy atom. The standard InChI is InChI=1S/C86H96F2N4/c1-79(2,3)49-25-33-65-57(41-49)58-42-50(80(4,5)6)26-34-66(58)89(65)75-73(87)77(91-69-37-29-53(83(13,14)15)45-61(69)62-46-54(84(16,17)18)30-38-70(62)91)78(92-71-39-31-55(85(19,20)21)47-63(71)64-48-56(86(22,23)24)32-40-72(64)92)74(88)76(75)90-67-35-27-51(81(7,8)9)43-59(67)60-44-52(82(10,11)12)28-36-68(60)90/h25-48H,1-24H3. The first-order valence-electron chi connectivity index (χ1n) is 33.5. The summed E-state index contributed by atoms with van der Waals surface area (Å²) in [5, 5.41) is 7.85. The van der Waals surface area contributed by atoms with Gasteiger partial charge in [-0.2, -0.15) is 0 Å². The number of aromatic nitrogens is 4. The summed E-state index contributed by atoms with van der Waals surface area (Å²) in [5.41, 5.74) is 14.4. The minimum absolute atomic E-state index is 0.130. The van der Waals surface area contributed by atoms with Crippen LogP contribution in [0.1, 0.15) is 211 Å². The fraction of sp³-hybridized carbons (Fsp3) is 0.372. The van der Waals surface area contributed by atoms with Crippen LogP contribution in [0.5, 0.6) is 0 Å². The van der Waals surface area contributed by atoms with Gasteiger partial charge in [-0.15, -0.1) is 0 Å². The van der Waals surface area contributed by atoms with E-state index in [1.54, 1.807) is 0 Å². The Balaban J connectivity index is 1.35. The maximum atomic E-state index is 21.7. The van der Waals surface area contributed by atoms with Crippen LogP contribution in [-0.2, 0) is 43.3 Å². The van der Waals surface area contributed by atoms with E-state index in [0.29, 0.717) is 0 Å². The van der Waals surface area contributed by atoms with Gasteiger partial charge in [-0.05, 0) is 185 Å². The number of rotatable bonds is 4. The summed E-state index contributed by atoms with van der Waals surface area (Å²) in [4.78, 5) is 0. The molecule has 0 unspecified atom stereocenters. The highest BCUT2D eigenvalue weighted by molar-refractivity contribution is 6.15. The lowest BCUT2D eigenvalue weighted by Crippen LogP contribution is -2.18. The second kappa shape index (κ2) is 20.3. The van der Waals surface area contributed by atoms with Gasteiger partial charge in [0.15, 0.2) is 11.6 Å². The van der Waals surface area contributed by atoms with Gasteiger partial charge in [0.05, 0.1) is 44.1 Å². The molecule has 4 aromatic heterocycles. The highest BCUT2D eigenvalue weighted by atomic mass is 19.1. The average molecular weight is 1220 g/mol. The van der Waals surface area contributed by atoms with Crippen molar-refractivity contribution >= 4 is 87.2 Å². The minimum atomic E-state index is -0.547. The van der Waals surface area contributed by atoms with E-state index in [-0.39, 0.29) is 66.1 Å². The topological polar surface area (TPSA) is 19.7 Å². The maximum Gasteiger partial charge on any atom is 0.175 e.